The van der Waals surface area contributed by atoms with Crippen LogP contribution in [0.15, 0.2) is 0 Å². The van der Waals surface area contributed by atoms with Crippen LogP contribution in [0.2, 0.25) is 0 Å². The average molecular weight is 172 g/mol. The first kappa shape index (κ1) is 8.24. The molecule has 0 N–H and O–H groups in total. The Balaban J connectivity index is 2.39. The van der Waals surface area contributed by atoms with Crippen LogP contribution in [-0.2, 0) is 0 Å². The van der Waals surface area contributed by atoms with E-state index in [1.54, 1.807) is 0 Å². The van der Waals surface area contributed by atoms with Crippen LogP contribution in [0.3, 0.4) is 0 Å². The van der Waals surface area contributed by atoms with Gasteiger partial charge in [0, 0.05) is 0 Å². The van der Waals surface area contributed by atoms with Crippen LogP contribution in [0, 0.1) is 0 Å². The third-order valence-corrected chi connectivity index (χ3v) is 4.14. The van der Waals surface area contributed by atoms with Crippen molar-refractivity contribution in [2.24, 2.45) is 0 Å². The van der Waals surface area contributed by atoms with E-state index in [9.17, 15) is 13.2 Å². The molecule has 0 spiro atoms. The van der Waals surface area contributed by atoms with Gasteiger partial charge in [-0.25, -0.2) is 0 Å². The second-order valence-corrected chi connectivity index (χ2v) is 5.00. The summed E-state index contributed by atoms with van der Waals surface area (Å²) in [4.78, 5) is 0. The second kappa shape index (κ2) is 3.03. The van der Waals surface area contributed by atoms with Gasteiger partial charge in [-0.3, -0.25) is 0 Å². The molecule has 1 aliphatic rings. The van der Waals surface area contributed by atoms with Crippen molar-refractivity contribution in [2.75, 3.05) is 11.5 Å². The lowest BCUT2D eigenvalue weighted by Gasteiger charge is -2.27. The van der Waals surface area contributed by atoms with Crippen LogP contribution in [0.25, 0.3) is 0 Å². The Morgan fingerprint density at radius 2 is 1.40 bits per heavy atom. The third-order valence-electron chi connectivity index (χ3n) is 1.71. The highest BCUT2D eigenvalue weighted by Gasteiger charge is 2.36. The lowest BCUT2D eigenvalue weighted by molar-refractivity contribution is -0.0357. The van der Waals surface area contributed by atoms with E-state index >= 15 is 0 Å². The second-order valence-electron chi connectivity index (χ2n) is 2.52. The maximum absolute atomic E-state index is 12.0. The van der Waals surface area contributed by atoms with Crippen molar-refractivity contribution in [2.45, 2.75) is 24.8 Å². The van der Waals surface area contributed by atoms with Gasteiger partial charge in [0.25, 0.3) is 0 Å². The number of halogens is 3. The fourth-order valence-corrected chi connectivity index (χ4v) is 3.09. The highest BCUT2D eigenvalue weighted by atomic mass is 32.2. The Morgan fingerprint density at radius 1 is 0.900 bits per heavy atom. The lowest BCUT2D eigenvalue weighted by Crippen LogP contribution is -2.17. The van der Waals surface area contributed by atoms with E-state index in [1.165, 1.54) is 0 Å². The molecule has 4 heteroatoms. The molecule has 1 heterocycles. The van der Waals surface area contributed by atoms with Crippen molar-refractivity contribution >= 4 is 10.9 Å². The maximum atomic E-state index is 12.0. The van der Waals surface area contributed by atoms with Crippen molar-refractivity contribution in [3.63, 3.8) is 0 Å². The van der Waals surface area contributed by atoms with E-state index in [-0.39, 0.29) is 0 Å². The first-order valence-electron chi connectivity index (χ1n) is 3.42. The van der Waals surface area contributed by atoms with Crippen LogP contribution in [0.4, 0.5) is 13.2 Å². The molecule has 1 saturated heterocycles. The summed E-state index contributed by atoms with van der Waals surface area (Å²) in [5, 5.41) is 0. The summed E-state index contributed by atoms with van der Waals surface area (Å²) >= 11 is 0. The summed E-state index contributed by atoms with van der Waals surface area (Å²) in [6.45, 7) is 0. The van der Waals surface area contributed by atoms with Gasteiger partial charge in [0.1, 0.15) is 0 Å². The van der Waals surface area contributed by atoms with Crippen molar-refractivity contribution in [3.05, 3.63) is 0 Å². The maximum Gasteiger partial charge on any atom is 0.423 e. The lowest BCUT2D eigenvalue weighted by atomic mass is 10.3. The predicted molar refractivity (Wildman–Crippen MR) is 38.6 cm³/mol. The van der Waals surface area contributed by atoms with Crippen LogP contribution >= 0.6 is 10.9 Å². The molecule has 0 nitrogen and oxygen atoms in total. The highest BCUT2D eigenvalue weighted by molar-refractivity contribution is 8.17. The molecule has 0 aromatic carbocycles. The first-order chi connectivity index (χ1) is 4.61. The Labute approximate surface area is 61.1 Å². The van der Waals surface area contributed by atoms with Gasteiger partial charge < -0.3 is 0 Å². The largest absolute Gasteiger partial charge is 0.423 e. The summed E-state index contributed by atoms with van der Waals surface area (Å²) in [7, 11) is -1.61. The van der Waals surface area contributed by atoms with Crippen molar-refractivity contribution < 1.29 is 13.2 Å². The third kappa shape index (κ3) is 2.08. The molecule has 10 heavy (non-hydrogen) atoms. The molecule has 0 aromatic heterocycles. The van der Waals surface area contributed by atoms with Gasteiger partial charge >= 0.3 is 5.51 Å². The molecule has 0 amide bonds. The molecule has 62 valence electrons. The van der Waals surface area contributed by atoms with Gasteiger partial charge in [-0.1, -0.05) is 6.42 Å². The summed E-state index contributed by atoms with van der Waals surface area (Å²) in [6.07, 6.45) is 2.56. The molecule has 0 unspecified atom stereocenters. The molecule has 0 radical (unpaired) electrons. The fraction of sp³-hybridized carbons (Fsp3) is 1.00. The minimum Gasteiger partial charge on any atom is -0.162 e. The average Bonchev–Trinajstić information content (AvgIpc) is 1.88. The monoisotopic (exact) mass is 172 g/mol. The van der Waals surface area contributed by atoms with Crippen LogP contribution in [0.1, 0.15) is 19.3 Å². The predicted octanol–water partition coefficient (Wildman–Crippen LogP) is 2.69. The summed E-state index contributed by atoms with van der Waals surface area (Å²) in [5.74, 6) is 0.831. The van der Waals surface area contributed by atoms with Crippen LogP contribution in [-0.4, -0.2) is 17.0 Å². The molecule has 0 aliphatic carbocycles. The zero-order chi connectivity index (χ0) is 7.61. The molecular weight excluding hydrogens is 161 g/mol. The normalized spacial score (nSPS) is 24.9. The summed E-state index contributed by atoms with van der Waals surface area (Å²) in [6, 6.07) is 0. The number of alkyl halides is 3. The van der Waals surface area contributed by atoms with Crippen molar-refractivity contribution in [1.29, 1.82) is 0 Å². The number of thiol groups is 1. The zero-order valence-corrected chi connectivity index (χ0v) is 6.51. The van der Waals surface area contributed by atoms with E-state index in [1.807, 2.05) is 0 Å². The number of hydrogen-bond acceptors (Lipinski definition) is 0. The number of rotatable bonds is 0. The molecule has 0 aromatic rings. The molecule has 0 saturated carbocycles. The number of hydrogen-bond donors (Lipinski definition) is 1. The smallest absolute Gasteiger partial charge is 0.162 e. The van der Waals surface area contributed by atoms with Gasteiger partial charge in [0.05, 0.1) is 0 Å². The van der Waals surface area contributed by atoms with E-state index in [0.717, 1.165) is 19.3 Å². The van der Waals surface area contributed by atoms with Crippen LogP contribution in [0.5, 0.6) is 0 Å². The zero-order valence-electron chi connectivity index (χ0n) is 5.62. The van der Waals surface area contributed by atoms with E-state index < -0.39 is 16.4 Å². The minimum atomic E-state index is -3.87. The standard InChI is InChI=1S/C6H11F3S/c7-6(8,9)10-4-2-1-3-5-10/h10H,1-5H2. The molecule has 1 rings (SSSR count). The Kier molecular flexibility index (Phi) is 2.50. The van der Waals surface area contributed by atoms with Crippen LogP contribution < -0.4 is 0 Å². The summed E-state index contributed by atoms with van der Waals surface area (Å²) in [5.41, 5.74) is -3.87. The molecule has 1 fully saturated rings. The molecular formula is C6H11F3S. The van der Waals surface area contributed by atoms with Gasteiger partial charge in [-0.2, -0.15) is 24.1 Å². The Bertz CT molecular complexity index is 104. The van der Waals surface area contributed by atoms with Gasteiger partial charge in [0.2, 0.25) is 0 Å². The molecule has 0 bridgehead atoms. The topological polar surface area (TPSA) is 0 Å². The van der Waals surface area contributed by atoms with Crippen molar-refractivity contribution in [3.8, 4) is 0 Å². The summed E-state index contributed by atoms with van der Waals surface area (Å²) < 4.78 is 35.9. The fourth-order valence-electron chi connectivity index (χ4n) is 1.15. The SMILES string of the molecule is FC(F)(F)[SH]1CCCCC1. The Morgan fingerprint density at radius 3 is 1.70 bits per heavy atom. The van der Waals surface area contributed by atoms with E-state index in [0.29, 0.717) is 11.5 Å². The van der Waals surface area contributed by atoms with E-state index in [4.69, 9.17) is 0 Å². The van der Waals surface area contributed by atoms with Crippen molar-refractivity contribution in [1.82, 2.24) is 0 Å². The Hall–Kier alpha value is 0.140. The van der Waals surface area contributed by atoms with Gasteiger partial charge in [-0.05, 0) is 24.3 Å². The van der Waals surface area contributed by atoms with E-state index in [2.05, 4.69) is 0 Å². The van der Waals surface area contributed by atoms with Gasteiger partial charge in [-0.15, -0.1) is 0 Å². The molecule has 1 aliphatic heterocycles. The quantitative estimate of drug-likeness (QED) is 0.533. The van der Waals surface area contributed by atoms with Gasteiger partial charge in [0.15, 0.2) is 0 Å². The molecule has 0 atom stereocenters. The first-order valence-corrected chi connectivity index (χ1v) is 5.14. The highest BCUT2D eigenvalue weighted by Crippen LogP contribution is 2.48. The minimum absolute atomic E-state index is 0.416.